The van der Waals surface area contributed by atoms with Crippen LogP contribution in [0.4, 0.5) is 0 Å². The van der Waals surface area contributed by atoms with Gasteiger partial charge < -0.3 is 0 Å². The van der Waals surface area contributed by atoms with Crippen molar-refractivity contribution < 1.29 is 69.9 Å². The van der Waals surface area contributed by atoms with Gasteiger partial charge in [0.25, 0.3) is 40.5 Å². The molecule has 0 aromatic heterocycles. The van der Waals surface area contributed by atoms with E-state index in [0.29, 0.717) is 36.4 Å². The first-order valence-electron chi connectivity index (χ1n) is 12.3. The molecule has 0 atom stereocenters. The summed E-state index contributed by atoms with van der Waals surface area (Å²) in [4.78, 5) is 20.8. The van der Waals surface area contributed by atoms with Crippen molar-refractivity contribution in [2.24, 2.45) is 0 Å². The molecule has 4 aromatic carbocycles. The van der Waals surface area contributed by atoms with Gasteiger partial charge in [0.1, 0.15) is 0 Å². The van der Waals surface area contributed by atoms with Crippen LogP contribution in [0.2, 0.25) is 10.0 Å². The Morgan fingerprint density at radius 1 is 0.429 bits per heavy atom. The Kier molecular flexibility index (Phi) is 10.1. The maximum Gasteiger partial charge on any atom is 0.294 e. The third-order valence-corrected chi connectivity index (χ3v) is 12.1. The normalized spacial score (nSPS) is 12.9. The predicted molar refractivity (Wildman–Crippen MR) is 167 cm³/mol. The van der Waals surface area contributed by atoms with Gasteiger partial charge in [0.15, 0.2) is 11.6 Å². The summed E-state index contributed by atoms with van der Waals surface area (Å²) in [6, 6.07) is 7.56. The van der Waals surface area contributed by atoms with E-state index in [9.17, 15) is 69.9 Å². The number of hydrogen-bond acceptors (Lipinski definition) is 12. The van der Waals surface area contributed by atoms with Crippen molar-refractivity contribution in [3.05, 3.63) is 105 Å². The molecule has 0 amide bonds. The number of sulfone groups is 1. The van der Waals surface area contributed by atoms with Crippen LogP contribution in [0.25, 0.3) is 0 Å². The first-order chi connectivity index (χ1) is 22.2. The lowest BCUT2D eigenvalue weighted by atomic mass is 10.0. The molecule has 4 rings (SSSR count). The fraction of sp³-hybridized carbons (Fsp3) is 0. The number of carbonyl (C=O) groups is 2. The first kappa shape index (κ1) is 38.2. The maximum atomic E-state index is 14.1. The molecular formula is C26H16Cl2O16S5. The van der Waals surface area contributed by atoms with E-state index < -0.39 is 114 Å². The Labute approximate surface area is 287 Å². The van der Waals surface area contributed by atoms with Crippen LogP contribution in [0, 0.1) is 0 Å². The first-order valence-corrected chi connectivity index (χ1v) is 20.3. The molecule has 0 unspecified atom stereocenters. The van der Waals surface area contributed by atoms with E-state index in [1.54, 1.807) is 0 Å². The second-order valence-corrected chi connectivity index (χ2v) is 18.2. The standard InChI is InChI=1S/C26H16Cl2O16S5/c27-15-1-3-23(21(9-15)25(29)13-5-17(46(33,34)35)11-18(6-13)47(36,37)38)45(31,32)24-4-2-16(28)10-22(24)26(30)14-7-19(48(39,40)41)12-20(8-14)49(42,43)44/h1-12H,(H,33,34,35)(H,36,37,38)(H,39,40,41)(H,42,43,44). The summed E-state index contributed by atoms with van der Waals surface area (Å²) < 4.78 is 161. The number of carbonyl (C=O) groups excluding carboxylic acids is 2. The quantitative estimate of drug-likeness (QED) is 0.132. The summed E-state index contributed by atoms with van der Waals surface area (Å²) in [5, 5.41) is -0.564. The van der Waals surface area contributed by atoms with Crippen LogP contribution in [0.1, 0.15) is 31.8 Å². The molecule has 260 valence electrons. The Hall–Kier alpha value is -3.61. The van der Waals surface area contributed by atoms with Crippen molar-refractivity contribution in [3.8, 4) is 0 Å². The minimum Gasteiger partial charge on any atom is -0.289 e. The highest BCUT2D eigenvalue weighted by Gasteiger charge is 2.32. The van der Waals surface area contributed by atoms with Crippen LogP contribution >= 0.6 is 23.2 Å². The number of halogens is 2. The van der Waals surface area contributed by atoms with Crippen LogP contribution < -0.4 is 0 Å². The minimum atomic E-state index is -5.21. The summed E-state index contributed by atoms with van der Waals surface area (Å²) in [6.07, 6.45) is 0. The maximum absolute atomic E-state index is 14.1. The highest BCUT2D eigenvalue weighted by atomic mass is 35.5. The van der Waals surface area contributed by atoms with Crippen LogP contribution in [-0.2, 0) is 50.3 Å². The summed E-state index contributed by atoms with van der Waals surface area (Å²) in [5.74, 6) is -2.84. The molecule has 0 spiro atoms. The van der Waals surface area contributed by atoms with Crippen LogP contribution in [0.15, 0.2) is 102 Å². The average Bonchev–Trinajstić information content (AvgIpc) is 2.97. The molecule has 0 radical (unpaired) electrons. The average molecular weight is 816 g/mol. The Morgan fingerprint density at radius 3 is 0.939 bits per heavy atom. The highest BCUT2D eigenvalue weighted by Crippen LogP contribution is 2.34. The summed E-state index contributed by atoms with van der Waals surface area (Å²) in [7, 11) is -26.0. The molecule has 0 aliphatic rings. The lowest BCUT2D eigenvalue weighted by molar-refractivity contribution is 0.102. The molecular weight excluding hydrogens is 800 g/mol. The molecule has 0 fully saturated rings. The third kappa shape index (κ3) is 8.24. The van der Waals surface area contributed by atoms with Crippen molar-refractivity contribution in [1.82, 2.24) is 0 Å². The summed E-state index contributed by atoms with van der Waals surface area (Å²) in [5.41, 5.74) is -3.46. The van der Waals surface area contributed by atoms with Crippen molar-refractivity contribution in [2.45, 2.75) is 29.4 Å². The fourth-order valence-corrected chi connectivity index (χ4v) is 8.57. The van der Waals surface area contributed by atoms with Crippen LogP contribution in [0.3, 0.4) is 0 Å². The van der Waals surface area contributed by atoms with Crippen LogP contribution in [0.5, 0.6) is 0 Å². The number of rotatable bonds is 10. The van der Waals surface area contributed by atoms with E-state index in [1.807, 2.05) is 0 Å². The lowest BCUT2D eigenvalue weighted by Gasteiger charge is -2.15. The van der Waals surface area contributed by atoms with E-state index in [2.05, 4.69) is 0 Å². The molecule has 0 heterocycles. The zero-order chi connectivity index (χ0) is 37.1. The molecule has 0 aliphatic carbocycles. The number of benzene rings is 4. The van der Waals surface area contributed by atoms with E-state index in [0.717, 1.165) is 36.4 Å². The smallest absolute Gasteiger partial charge is 0.289 e. The Balaban J connectivity index is 1.99. The predicted octanol–water partition coefficient (Wildman–Crippen LogP) is 3.28. The van der Waals surface area contributed by atoms with E-state index in [1.165, 1.54) is 0 Å². The molecule has 0 saturated carbocycles. The number of hydrogen-bond donors (Lipinski definition) is 4. The molecule has 0 saturated heterocycles. The SMILES string of the molecule is O=C(c1cc(S(=O)(=O)O)cc(S(=O)(=O)O)c1)c1cc(Cl)ccc1S(=O)(=O)c1ccc(Cl)cc1C(=O)c1cc(S(=O)(=O)O)cc(S(=O)(=O)O)c1. The zero-order valence-electron chi connectivity index (χ0n) is 23.4. The van der Waals surface area contributed by atoms with E-state index >= 15 is 0 Å². The van der Waals surface area contributed by atoms with Crippen molar-refractivity contribution >= 4 is 85.1 Å². The summed E-state index contributed by atoms with van der Waals surface area (Å²) >= 11 is 12.0. The Morgan fingerprint density at radius 2 is 0.694 bits per heavy atom. The second kappa shape index (κ2) is 12.9. The highest BCUT2D eigenvalue weighted by molar-refractivity contribution is 7.91. The van der Waals surface area contributed by atoms with Gasteiger partial charge in [-0.3, -0.25) is 27.8 Å². The molecule has 0 aliphatic heterocycles. The van der Waals surface area contributed by atoms with Gasteiger partial charge in [0.05, 0.1) is 29.4 Å². The van der Waals surface area contributed by atoms with Gasteiger partial charge in [-0.25, -0.2) is 8.42 Å². The van der Waals surface area contributed by atoms with Crippen molar-refractivity contribution in [1.29, 1.82) is 0 Å². The fourth-order valence-electron chi connectivity index (χ4n) is 4.26. The molecule has 0 bridgehead atoms. The van der Waals surface area contributed by atoms with Crippen molar-refractivity contribution in [3.63, 3.8) is 0 Å². The minimum absolute atomic E-state index is 0.282. The van der Waals surface area contributed by atoms with Gasteiger partial charge in [-0.05, 0) is 72.8 Å². The van der Waals surface area contributed by atoms with Gasteiger partial charge >= 0.3 is 0 Å². The molecule has 23 heteroatoms. The van der Waals surface area contributed by atoms with Gasteiger partial charge in [0, 0.05) is 32.3 Å². The second-order valence-electron chi connectivity index (χ2n) is 9.73. The largest absolute Gasteiger partial charge is 0.294 e. The molecule has 4 N–H and O–H groups in total. The van der Waals surface area contributed by atoms with Gasteiger partial charge in [0.2, 0.25) is 9.84 Å². The van der Waals surface area contributed by atoms with E-state index in [-0.39, 0.29) is 10.0 Å². The lowest BCUT2D eigenvalue weighted by Crippen LogP contribution is -2.16. The summed E-state index contributed by atoms with van der Waals surface area (Å²) in [6.45, 7) is 0. The monoisotopic (exact) mass is 814 g/mol. The Bertz CT molecular complexity index is 2390. The molecule has 4 aromatic rings. The third-order valence-electron chi connectivity index (χ3n) is 6.43. The van der Waals surface area contributed by atoms with Crippen molar-refractivity contribution in [2.75, 3.05) is 0 Å². The van der Waals surface area contributed by atoms with Gasteiger partial charge in [-0.15, -0.1) is 0 Å². The topological polar surface area (TPSA) is 286 Å². The van der Waals surface area contributed by atoms with E-state index in [4.69, 9.17) is 23.2 Å². The van der Waals surface area contributed by atoms with Crippen LogP contribution in [-0.4, -0.2) is 71.9 Å². The zero-order valence-corrected chi connectivity index (χ0v) is 29.0. The van der Waals surface area contributed by atoms with Gasteiger partial charge in [-0.2, -0.15) is 33.7 Å². The molecule has 16 nitrogen and oxygen atoms in total. The molecule has 49 heavy (non-hydrogen) atoms. The number of ketones is 2. The van der Waals surface area contributed by atoms with Gasteiger partial charge in [-0.1, -0.05) is 23.2 Å².